The molecule has 1 saturated heterocycles. The molecule has 0 unspecified atom stereocenters. The van der Waals surface area contributed by atoms with E-state index in [4.69, 9.17) is 9.15 Å². The van der Waals surface area contributed by atoms with Crippen molar-refractivity contribution in [3.05, 3.63) is 54.8 Å². The average Bonchev–Trinajstić information content (AvgIpc) is 3.24. The van der Waals surface area contributed by atoms with E-state index in [9.17, 15) is 4.79 Å². The van der Waals surface area contributed by atoms with Crippen molar-refractivity contribution in [2.24, 2.45) is 5.92 Å². The van der Waals surface area contributed by atoms with Crippen LogP contribution in [0.3, 0.4) is 0 Å². The SMILES string of the molecule is O=C(c1cnco1)N1CCOC[C@H](Cc2nccn3cccc23)C1. The molecule has 0 aliphatic carbocycles. The maximum absolute atomic E-state index is 12.5. The summed E-state index contributed by atoms with van der Waals surface area (Å²) in [5, 5.41) is 0. The molecule has 7 heteroatoms. The fraction of sp³-hybridized carbons (Fsp3) is 0.353. The van der Waals surface area contributed by atoms with Crippen molar-refractivity contribution < 1.29 is 13.9 Å². The lowest BCUT2D eigenvalue weighted by Crippen LogP contribution is -2.36. The Morgan fingerprint density at radius 3 is 3.21 bits per heavy atom. The van der Waals surface area contributed by atoms with Gasteiger partial charge < -0.3 is 18.5 Å². The van der Waals surface area contributed by atoms with Crippen LogP contribution in [0.2, 0.25) is 0 Å². The third-order valence-corrected chi connectivity index (χ3v) is 4.28. The summed E-state index contributed by atoms with van der Waals surface area (Å²) in [5.41, 5.74) is 2.11. The molecule has 1 amide bonds. The van der Waals surface area contributed by atoms with E-state index < -0.39 is 0 Å². The smallest absolute Gasteiger partial charge is 0.291 e. The van der Waals surface area contributed by atoms with E-state index >= 15 is 0 Å². The largest absolute Gasteiger partial charge is 0.438 e. The molecule has 124 valence electrons. The van der Waals surface area contributed by atoms with Crippen LogP contribution in [0.1, 0.15) is 16.2 Å². The van der Waals surface area contributed by atoms with Crippen LogP contribution < -0.4 is 0 Å². The van der Waals surface area contributed by atoms with Gasteiger partial charge in [0.2, 0.25) is 5.76 Å². The summed E-state index contributed by atoms with van der Waals surface area (Å²) in [6, 6.07) is 4.06. The third kappa shape index (κ3) is 2.90. The monoisotopic (exact) mass is 326 g/mol. The van der Waals surface area contributed by atoms with E-state index in [1.54, 1.807) is 11.1 Å². The first-order chi connectivity index (χ1) is 11.8. The molecule has 3 aromatic heterocycles. The minimum Gasteiger partial charge on any atom is -0.438 e. The number of hydrogen-bond donors (Lipinski definition) is 0. The van der Waals surface area contributed by atoms with Crippen LogP contribution in [0.5, 0.6) is 0 Å². The van der Waals surface area contributed by atoms with Gasteiger partial charge in [-0.3, -0.25) is 9.78 Å². The maximum Gasteiger partial charge on any atom is 0.291 e. The van der Waals surface area contributed by atoms with Crippen LogP contribution >= 0.6 is 0 Å². The zero-order valence-electron chi connectivity index (χ0n) is 13.2. The van der Waals surface area contributed by atoms with Gasteiger partial charge in [0.1, 0.15) is 0 Å². The Hall–Kier alpha value is -2.67. The Balaban J connectivity index is 1.52. The zero-order valence-corrected chi connectivity index (χ0v) is 13.2. The van der Waals surface area contributed by atoms with Crippen LogP contribution in [0.15, 0.2) is 47.7 Å². The Kier molecular flexibility index (Phi) is 4.00. The minimum atomic E-state index is -0.142. The quantitative estimate of drug-likeness (QED) is 0.732. The molecule has 0 saturated carbocycles. The highest BCUT2D eigenvalue weighted by Gasteiger charge is 2.26. The molecule has 1 aliphatic rings. The Morgan fingerprint density at radius 1 is 1.38 bits per heavy atom. The maximum atomic E-state index is 12.5. The first kappa shape index (κ1) is 14.9. The van der Waals surface area contributed by atoms with Crippen LogP contribution in [0.4, 0.5) is 0 Å². The van der Waals surface area contributed by atoms with Gasteiger partial charge in [-0.25, -0.2) is 4.98 Å². The molecule has 4 rings (SSSR count). The second-order valence-electron chi connectivity index (χ2n) is 5.94. The number of ether oxygens (including phenoxy) is 1. The highest BCUT2D eigenvalue weighted by Crippen LogP contribution is 2.18. The zero-order chi connectivity index (χ0) is 16.4. The van der Waals surface area contributed by atoms with Crippen LogP contribution in [0.25, 0.3) is 5.52 Å². The summed E-state index contributed by atoms with van der Waals surface area (Å²) in [6.45, 7) is 2.31. The van der Waals surface area contributed by atoms with E-state index in [-0.39, 0.29) is 17.6 Å². The van der Waals surface area contributed by atoms with Gasteiger partial charge in [-0.05, 0) is 18.6 Å². The summed E-state index contributed by atoms with van der Waals surface area (Å²) in [7, 11) is 0. The summed E-state index contributed by atoms with van der Waals surface area (Å²) in [6.07, 6.45) is 9.22. The second-order valence-corrected chi connectivity index (χ2v) is 5.94. The first-order valence-corrected chi connectivity index (χ1v) is 7.97. The van der Waals surface area contributed by atoms with Gasteiger partial charge in [-0.1, -0.05) is 0 Å². The molecule has 0 bridgehead atoms. The van der Waals surface area contributed by atoms with Gasteiger partial charge >= 0.3 is 0 Å². The van der Waals surface area contributed by atoms with Gasteiger partial charge in [-0.15, -0.1) is 0 Å². The van der Waals surface area contributed by atoms with E-state index in [0.717, 1.165) is 17.6 Å². The normalized spacial score (nSPS) is 18.7. The molecule has 1 atom stereocenters. The van der Waals surface area contributed by atoms with Crippen molar-refractivity contribution in [2.45, 2.75) is 6.42 Å². The van der Waals surface area contributed by atoms with E-state index in [2.05, 4.69) is 20.4 Å². The molecular formula is C17H18N4O3. The van der Waals surface area contributed by atoms with E-state index in [1.807, 2.05) is 18.5 Å². The molecule has 0 N–H and O–H groups in total. The number of carbonyl (C=O) groups excluding carboxylic acids is 1. The molecule has 1 aliphatic heterocycles. The first-order valence-electron chi connectivity index (χ1n) is 7.97. The molecule has 0 aromatic carbocycles. The van der Waals surface area contributed by atoms with Gasteiger partial charge in [0, 0.05) is 37.6 Å². The lowest BCUT2D eigenvalue weighted by Gasteiger charge is -2.22. The Bertz CT molecular complexity index is 827. The van der Waals surface area contributed by atoms with Crippen molar-refractivity contribution in [1.82, 2.24) is 19.3 Å². The highest BCUT2D eigenvalue weighted by molar-refractivity contribution is 5.91. The molecule has 3 aromatic rings. The second kappa shape index (κ2) is 6.45. The molecule has 24 heavy (non-hydrogen) atoms. The van der Waals surface area contributed by atoms with Crippen molar-refractivity contribution in [2.75, 3.05) is 26.3 Å². The van der Waals surface area contributed by atoms with E-state index in [1.165, 1.54) is 12.6 Å². The van der Waals surface area contributed by atoms with Gasteiger partial charge in [0.05, 0.1) is 30.6 Å². The molecule has 0 radical (unpaired) electrons. The molecule has 1 fully saturated rings. The van der Waals surface area contributed by atoms with Crippen molar-refractivity contribution in [1.29, 1.82) is 0 Å². The van der Waals surface area contributed by atoms with Crippen molar-refractivity contribution >= 4 is 11.4 Å². The number of hydrogen-bond acceptors (Lipinski definition) is 5. The molecule has 0 spiro atoms. The van der Waals surface area contributed by atoms with Crippen molar-refractivity contribution in [3.8, 4) is 0 Å². The predicted molar refractivity (Wildman–Crippen MR) is 85.6 cm³/mol. The highest BCUT2D eigenvalue weighted by atomic mass is 16.5. The molecule has 4 heterocycles. The lowest BCUT2D eigenvalue weighted by molar-refractivity contribution is 0.0705. The average molecular weight is 326 g/mol. The number of rotatable bonds is 3. The summed E-state index contributed by atoms with van der Waals surface area (Å²) in [5.74, 6) is 0.312. The number of oxazole rings is 1. The lowest BCUT2D eigenvalue weighted by atomic mass is 10.0. The summed E-state index contributed by atoms with van der Waals surface area (Å²) >= 11 is 0. The Morgan fingerprint density at radius 2 is 2.33 bits per heavy atom. The minimum absolute atomic E-state index is 0.142. The Labute approximate surface area is 138 Å². The molecular weight excluding hydrogens is 308 g/mol. The summed E-state index contributed by atoms with van der Waals surface area (Å²) < 4.78 is 12.9. The van der Waals surface area contributed by atoms with Crippen molar-refractivity contribution in [3.63, 3.8) is 0 Å². The van der Waals surface area contributed by atoms with Crippen LogP contribution in [-0.4, -0.2) is 51.5 Å². The van der Waals surface area contributed by atoms with Gasteiger partial charge in [0.25, 0.3) is 5.91 Å². The number of carbonyl (C=O) groups is 1. The number of aromatic nitrogens is 3. The standard InChI is InChI=1S/C17H18N4O3/c22-17(16-9-18-12-24-16)21-6-7-23-11-13(10-21)8-14-15-2-1-4-20(15)5-3-19-14/h1-5,9,12-13H,6-8,10-11H2/t13-/m1/s1. The fourth-order valence-corrected chi connectivity index (χ4v) is 3.13. The van der Waals surface area contributed by atoms with Gasteiger partial charge in [0.15, 0.2) is 6.39 Å². The number of nitrogens with zero attached hydrogens (tertiary/aromatic N) is 4. The fourth-order valence-electron chi connectivity index (χ4n) is 3.13. The number of amides is 1. The van der Waals surface area contributed by atoms with Crippen LogP contribution in [-0.2, 0) is 11.2 Å². The topological polar surface area (TPSA) is 72.9 Å². The molecule has 7 nitrogen and oxygen atoms in total. The predicted octanol–water partition coefficient (Wildman–Crippen LogP) is 1.65. The van der Waals surface area contributed by atoms with E-state index in [0.29, 0.717) is 26.3 Å². The summed E-state index contributed by atoms with van der Waals surface area (Å²) in [4.78, 5) is 22.6. The van der Waals surface area contributed by atoms with Gasteiger partial charge in [-0.2, -0.15) is 0 Å². The number of fused-ring (bicyclic) bond motifs is 1. The van der Waals surface area contributed by atoms with Crippen LogP contribution in [0, 0.1) is 5.92 Å². The third-order valence-electron chi connectivity index (χ3n) is 4.28.